The monoisotopic (exact) mass is 194 g/mol. The van der Waals surface area contributed by atoms with Gasteiger partial charge in [-0.15, -0.1) is 0 Å². The molecule has 1 N–H and O–H groups in total. The Morgan fingerprint density at radius 2 is 2.21 bits per heavy atom. The van der Waals surface area contributed by atoms with Crippen LogP contribution in [0.2, 0.25) is 0 Å². The number of hydrogen-bond donors (Lipinski definition) is 1. The first-order chi connectivity index (χ1) is 6.68. The molecule has 0 radical (unpaired) electrons. The number of imidazole rings is 1. The molecule has 2 rings (SSSR count). The van der Waals surface area contributed by atoms with Crippen molar-refractivity contribution >= 4 is 17.0 Å². The molecular weight excluding hydrogens is 187 g/mol. The minimum Gasteiger partial charge on any atom is -0.480 e. The van der Waals surface area contributed by atoms with E-state index in [9.17, 15) is 9.18 Å². The number of para-hydroxylation sites is 2. The predicted molar refractivity (Wildman–Crippen MR) is 47.3 cm³/mol. The van der Waals surface area contributed by atoms with Gasteiger partial charge in [-0.25, -0.2) is 4.98 Å². The highest BCUT2D eigenvalue weighted by Gasteiger charge is 2.11. The Bertz CT molecular complexity index is 493. The molecule has 1 aromatic carbocycles. The fourth-order valence-corrected chi connectivity index (χ4v) is 1.33. The molecule has 5 heteroatoms. The summed E-state index contributed by atoms with van der Waals surface area (Å²) in [4.78, 5) is 14.0. The molecule has 14 heavy (non-hydrogen) atoms. The van der Waals surface area contributed by atoms with Gasteiger partial charge in [-0.2, -0.15) is 4.39 Å². The van der Waals surface area contributed by atoms with Gasteiger partial charge in [0.05, 0.1) is 11.0 Å². The molecule has 0 saturated heterocycles. The zero-order chi connectivity index (χ0) is 10.1. The second-order valence-electron chi connectivity index (χ2n) is 2.85. The van der Waals surface area contributed by atoms with Gasteiger partial charge in [0.15, 0.2) is 0 Å². The van der Waals surface area contributed by atoms with Gasteiger partial charge < -0.3 is 5.11 Å². The smallest absolute Gasteiger partial charge is 0.323 e. The third-order valence-corrected chi connectivity index (χ3v) is 1.90. The second kappa shape index (κ2) is 3.10. The maximum absolute atomic E-state index is 13.2. The SMILES string of the molecule is O=C(O)Cn1c(F)nc2ccccc21. The predicted octanol–water partition coefficient (Wildman–Crippen LogP) is 1.26. The highest BCUT2D eigenvalue weighted by Crippen LogP contribution is 2.14. The van der Waals surface area contributed by atoms with Crippen molar-refractivity contribution in [1.29, 1.82) is 0 Å². The molecule has 1 heterocycles. The zero-order valence-electron chi connectivity index (χ0n) is 7.14. The first-order valence-corrected chi connectivity index (χ1v) is 4.01. The van der Waals surface area contributed by atoms with Gasteiger partial charge >= 0.3 is 5.97 Å². The number of aliphatic carboxylic acids is 1. The number of aromatic nitrogens is 2. The summed E-state index contributed by atoms with van der Waals surface area (Å²) < 4.78 is 14.2. The number of benzene rings is 1. The third kappa shape index (κ3) is 1.32. The Labute approximate surface area is 78.6 Å². The van der Waals surface area contributed by atoms with Crippen LogP contribution in [-0.4, -0.2) is 20.6 Å². The minimum atomic E-state index is -1.09. The van der Waals surface area contributed by atoms with E-state index in [4.69, 9.17) is 5.11 Å². The summed E-state index contributed by atoms with van der Waals surface area (Å²) in [6.07, 6.45) is -0.770. The number of halogens is 1. The second-order valence-corrected chi connectivity index (χ2v) is 2.85. The van der Waals surface area contributed by atoms with E-state index in [2.05, 4.69) is 4.98 Å². The number of nitrogens with zero attached hydrogens (tertiary/aromatic N) is 2. The summed E-state index contributed by atoms with van der Waals surface area (Å²) >= 11 is 0. The van der Waals surface area contributed by atoms with Crippen LogP contribution >= 0.6 is 0 Å². The molecule has 0 spiro atoms. The van der Waals surface area contributed by atoms with E-state index in [0.717, 1.165) is 4.57 Å². The Hall–Kier alpha value is -1.91. The highest BCUT2D eigenvalue weighted by molar-refractivity contribution is 5.77. The van der Waals surface area contributed by atoms with Crippen molar-refractivity contribution in [1.82, 2.24) is 9.55 Å². The van der Waals surface area contributed by atoms with Gasteiger partial charge in [0.1, 0.15) is 6.54 Å². The van der Waals surface area contributed by atoms with Crippen LogP contribution in [0.1, 0.15) is 0 Å². The Morgan fingerprint density at radius 3 is 2.93 bits per heavy atom. The maximum Gasteiger partial charge on any atom is 0.323 e. The Balaban J connectivity index is 2.62. The molecule has 0 aliphatic rings. The van der Waals surface area contributed by atoms with Gasteiger partial charge in [-0.1, -0.05) is 12.1 Å². The van der Waals surface area contributed by atoms with Crippen LogP contribution in [0.4, 0.5) is 4.39 Å². The van der Waals surface area contributed by atoms with Gasteiger partial charge in [0.25, 0.3) is 6.08 Å². The normalized spacial score (nSPS) is 10.6. The molecular formula is C9H7FN2O2. The highest BCUT2D eigenvalue weighted by atomic mass is 19.1. The van der Waals surface area contributed by atoms with Crippen molar-refractivity contribution in [3.05, 3.63) is 30.3 Å². The molecule has 1 aromatic heterocycles. The van der Waals surface area contributed by atoms with Gasteiger partial charge in [0.2, 0.25) is 0 Å². The zero-order valence-corrected chi connectivity index (χ0v) is 7.14. The van der Waals surface area contributed by atoms with Crippen LogP contribution in [0.5, 0.6) is 0 Å². The minimum absolute atomic E-state index is 0.410. The Kier molecular flexibility index (Phi) is 1.92. The number of hydrogen-bond acceptors (Lipinski definition) is 2. The number of carboxylic acid groups (broad SMARTS) is 1. The number of rotatable bonds is 2. The summed E-state index contributed by atoms with van der Waals surface area (Å²) in [5.74, 6) is -1.09. The maximum atomic E-state index is 13.2. The first kappa shape index (κ1) is 8.68. The first-order valence-electron chi connectivity index (χ1n) is 4.01. The van der Waals surface area contributed by atoms with Crippen molar-refractivity contribution in [3.8, 4) is 0 Å². The van der Waals surface area contributed by atoms with E-state index < -0.39 is 18.6 Å². The summed E-state index contributed by atoms with van der Waals surface area (Å²) in [5.41, 5.74) is 0.957. The number of carbonyl (C=O) groups is 1. The average Bonchev–Trinajstić information content (AvgIpc) is 2.43. The summed E-state index contributed by atoms with van der Waals surface area (Å²) in [5, 5.41) is 8.55. The third-order valence-electron chi connectivity index (χ3n) is 1.90. The molecule has 0 saturated carbocycles. The van der Waals surface area contributed by atoms with E-state index in [-0.39, 0.29) is 0 Å². The summed E-state index contributed by atoms with van der Waals surface area (Å²) in [6.45, 7) is -0.410. The van der Waals surface area contributed by atoms with Crippen LogP contribution in [0.3, 0.4) is 0 Å². The van der Waals surface area contributed by atoms with E-state index in [1.807, 2.05) is 0 Å². The van der Waals surface area contributed by atoms with Crippen LogP contribution in [-0.2, 0) is 11.3 Å². The summed E-state index contributed by atoms with van der Waals surface area (Å²) in [7, 11) is 0. The lowest BCUT2D eigenvalue weighted by Gasteiger charge is -1.99. The van der Waals surface area contributed by atoms with Crippen molar-refractivity contribution in [2.45, 2.75) is 6.54 Å². The molecule has 4 nitrogen and oxygen atoms in total. The van der Waals surface area contributed by atoms with Crippen molar-refractivity contribution < 1.29 is 14.3 Å². The van der Waals surface area contributed by atoms with Gasteiger partial charge in [-0.05, 0) is 12.1 Å². The molecule has 2 aromatic rings. The molecule has 0 fully saturated rings. The van der Waals surface area contributed by atoms with Crippen LogP contribution in [0.25, 0.3) is 11.0 Å². The van der Waals surface area contributed by atoms with Crippen molar-refractivity contribution in [2.75, 3.05) is 0 Å². The average molecular weight is 194 g/mol. The molecule has 0 amide bonds. The lowest BCUT2D eigenvalue weighted by atomic mass is 10.3. The Morgan fingerprint density at radius 1 is 1.50 bits per heavy atom. The van der Waals surface area contributed by atoms with Crippen molar-refractivity contribution in [3.63, 3.8) is 0 Å². The van der Waals surface area contributed by atoms with E-state index in [0.29, 0.717) is 11.0 Å². The van der Waals surface area contributed by atoms with Crippen molar-refractivity contribution in [2.24, 2.45) is 0 Å². The number of carboxylic acids is 1. The lowest BCUT2D eigenvalue weighted by molar-refractivity contribution is -0.137. The van der Waals surface area contributed by atoms with E-state index in [1.165, 1.54) is 0 Å². The fourth-order valence-electron chi connectivity index (χ4n) is 1.33. The largest absolute Gasteiger partial charge is 0.480 e. The van der Waals surface area contributed by atoms with E-state index >= 15 is 0 Å². The fraction of sp³-hybridized carbons (Fsp3) is 0.111. The molecule has 0 aliphatic carbocycles. The van der Waals surface area contributed by atoms with Gasteiger partial charge in [-0.3, -0.25) is 9.36 Å². The molecule has 0 bridgehead atoms. The van der Waals surface area contributed by atoms with E-state index in [1.54, 1.807) is 24.3 Å². The summed E-state index contributed by atoms with van der Waals surface area (Å²) in [6, 6.07) is 6.70. The molecule has 72 valence electrons. The molecule has 0 atom stereocenters. The quantitative estimate of drug-likeness (QED) is 0.782. The van der Waals surface area contributed by atoms with Gasteiger partial charge in [0, 0.05) is 0 Å². The topological polar surface area (TPSA) is 55.1 Å². The van der Waals surface area contributed by atoms with Crippen LogP contribution < -0.4 is 0 Å². The lowest BCUT2D eigenvalue weighted by Crippen LogP contribution is -2.10. The molecule has 0 aliphatic heterocycles. The molecule has 0 unspecified atom stereocenters. The van der Waals surface area contributed by atoms with Crippen LogP contribution in [0, 0.1) is 6.08 Å². The standard InChI is InChI=1S/C9H7FN2O2/c10-9-11-6-3-1-2-4-7(6)12(9)5-8(13)14/h1-4H,5H2,(H,13,14). The number of fused-ring (bicyclic) bond motifs is 1. The van der Waals surface area contributed by atoms with Crippen LogP contribution in [0.15, 0.2) is 24.3 Å².